The molecule has 1 amide bonds. The first kappa shape index (κ1) is 19.9. The summed E-state index contributed by atoms with van der Waals surface area (Å²) in [6, 6.07) is 9.71. The molecule has 1 fully saturated rings. The van der Waals surface area contributed by atoms with Crippen molar-refractivity contribution in [3.63, 3.8) is 0 Å². The van der Waals surface area contributed by atoms with Crippen LogP contribution in [0.1, 0.15) is 33.6 Å². The van der Waals surface area contributed by atoms with E-state index in [1.807, 2.05) is 12.1 Å². The summed E-state index contributed by atoms with van der Waals surface area (Å²) in [5, 5.41) is 8.80. The van der Waals surface area contributed by atoms with Crippen molar-refractivity contribution in [3.05, 3.63) is 65.0 Å². The average Bonchev–Trinajstić information content (AvgIpc) is 3.10. The Morgan fingerprint density at radius 1 is 1.14 bits per heavy atom. The second-order valence-electron chi connectivity index (χ2n) is 6.89. The van der Waals surface area contributed by atoms with Crippen molar-refractivity contribution >= 4 is 11.9 Å². The highest BCUT2D eigenvalue weighted by Gasteiger charge is 2.38. The molecule has 1 aliphatic heterocycles. The number of alkyl halides is 3. The first-order valence-corrected chi connectivity index (χ1v) is 8.85. The van der Waals surface area contributed by atoms with Crippen molar-refractivity contribution in [1.82, 2.24) is 9.88 Å². The lowest BCUT2D eigenvalue weighted by molar-refractivity contribution is -0.141. The molecule has 0 spiro atoms. The number of nitrogens with zero attached hydrogens (tertiary/aromatic N) is 2. The van der Waals surface area contributed by atoms with Gasteiger partial charge in [0, 0.05) is 19.3 Å². The summed E-state index contributed by atoms with van der Waals surface area (Å²) in [5.74, 6) is -1.41. The van der Waals surface area contributed by atoms with Crippen LogP contribution in [0.5, 0.6) is 0 Å². The number of aliphatic carboxylic acids is 1. The Hall–Kier alpha value is -2.90. The normalized spacial score (nSPS) is 17.0. The standard InChI is InChI=1S/C20H19F3N2O3/c21-20(22,23)18-16(2-1-8-24-18)19(28)25-9-7-15(12-25)10-13-3-5-14(6-4-13)11-17(26)27/h1-6,8,15H,7,9-12H2,(H,26,27). The summed E-state index contributed by atoms with van der Waals surface area (Å²) in [5.41, 5.74) is 0.132. The van der Waals surface area contributed by atoms with Gasteiger partial charge in [-0.05, 0) is 42.0 Å². The molecule has 1 N–H and O–H groups in total. The Balaban J connectivity index is 1.64. The molecule has 1 unspecified atom stereocenters. The molecular weight excluding hydrogens is 373 g/mol. The van der Waals surface area contributed by atoms with Gasteiger partial charge < -0.3 is 10.0 Å². The number of pyridine rings is 1. The summed E-state index contributed by atoms with van der Waals surface area (Å²) in [7, 11) is 0. The van der Waals surface area contributed by atoms with Crippen LogP contribution in [-0.4, -0.2) is 40.0 Å². The van der Waals surface area contributed by atoms with Crippen LogP contribution in [0, 0.1) is 5.92 Å². The van der Waals surface area contributed by atoms with E-state index in [-0.39, 0.29) is 12.3 Å². The molecule has 8 heteroatoms. The number of carboxylic acid groups (broad SMARTS) is 1. The smallest absolute Gasteiger partial charge is 0.434 e. The molecule has 0 bridgehead atoms. The highest BCUT2D eigenvalue weighted by molar-refractivity contribution is 5.95. The number of aromatic nitrogens is 1. The molecule has 148 valence electrons. The molecular formula is C20H19F3N2O3. The molecule has 1 atom stereocenters. The van der Waals surface area contributed by atoms with E-state index in [0.29, 0.717) is 31.5 Å². The topological polar surface area (TPSA) is 70.5 Å². The Morgan fingerprint density at radius 2 is 1.82 bits per heavy atom. The fourth-order valence-electron chi connectivity index (χ4n) is 3.46. The monoisotopic (exact) mass is 392 g/mol. The van der Waals surface area contributed by atoms with E-state index in [0.717, 1.165) is 17.8 Å². The van der Waals surface area contributed by atoms with Crippen molar-refractivity contribution in [2.24, 2.45) is 5.92 Å². The fourth-order valence-corrected chi connectivity index (χ4v) is 3.46. The van der Waals surface area contributed by atoms with Crippen LogP contribution in [0.15, 0.2) is 42.6 Å². The third kappa shape index (κ3) is 4.68. The predicted molar refractivity (Wildman–Crippen MR) is 94.7 cm³/mol. The van der Waals surface area contributed by atoms with Gasteiger partial charge in [-0.15, -0.1) is 0 Å². The van der Waals surface area contributed by atoms with Gasteiger partial charge in [0.2, 0.25) is 0 Å². The number of amides is 1. The lowest BCUT2D eigenvalue weighted by atomic mass is 9.97. The minimum absolute atomic E-state index is 0.0430. The van der Waals surface area contributed by atoms with Gasteiger partial charge in [0.05, 0.1) is 12.0 Å². The zero-order chi connectivity index (χ0) is 20.3. The van der Waals surface area contributed by atoms with Crippen LogP contribution in [0.4, 0.5) is 13.2 Å². The van der Waals surface area contributed by atoms with Crippen LogP contribution >= 0.6 is 0 Å². The zero-order valence-electron chi connectivity index (χ0n) is 14.9. The van der Waals surface area contributed by atoms with Crippen molar-refractivity contribution in [2.75, 3.05) is 13.1 Å². The van der Waals surface area contributed by atoms with E-state index in [4.69, 9.17) is 5.11 Å². The third-order valence-corrected chi connectivity index (χ3v) is 4.78. The van der Waals surface area contributed by atoms with Crippen molar-refractivity contribution in [3.8, 4) is 0 Å². The van der Waals surface area contributed by atoms with Gasteiger partial charge in [-0.1, -0.05) is 24.3 Å². The Morgan fingerprint density at radius 3 is 2.46 bits per heavy atom. The lowest BCUT2D eigenvalue weighted by Crippen LogP contribution is -2.31. The minimum Gasteiger partial charge on any atom is -0.481 e. The number of carboxylic acids is 1. The summed E-state index contributed by atoms with van der Waals surface area (Å²) in [6.07, 6.45) is -2.32. The number of halogens is 3. The number of likely N-dealkylation sites (tertiary alicyclic amines) is 1. The second-order valence-corrected chi connectivity index (χ2v) is 6.89. The summed E-state index contributed by atoms with van der Waals surface area (Å²) < 4.78 is 39.3. The van der Waals surface area contributed by atoms with Gasteiger partial charge in [0.25, 0.3) is 5.91 Å². The Bertz CT molecular complexity index is 866. The van der Waals surface area contributed by atoms with E-state index in [9.17, 15) is 22.8 Å². The molecule has 1 aromatic heterocycles. The SMILES string of the molecule is O=C(O)Cc1ccc(CC2CCN(C(=O)c3cccnc3C(F)(F)F)C2)cc1. The maximum absolute atomic E-state index is 13.1. The molecule has 1 saturated heterocycles. The van der Waals surface area contributed by atoms with E-state index < -0.39 is 29.3 Å². The second kappa shape index (κ2) is 8.00. The van der Waals surface area contributed by atoms with Crippen LogP contribution in [0.25, 0.3) is 0 Å². The average molecular weight is 392 g/mol. The van der Waals surface area contributed by atoms with Crippen molar-refractivity contribution < 1.29 is 27.9 Å². The van der Waals surface area contributed by atoms with E-state index in [2.05, 4.69) is 4.98 Å². The highest BCUT2D eigenvalue weighted by atomic mass is 19.4. The van der Waals surface area contributed by atoms with Gasteiger partial charge in [-0.2, -0.15) is 13.2 Å². The molecule has 28 heavy (non-hydrogen) atoms. The van der Waals surface area contributed by atoms with Gasteiger partial charge in [-0.25, -0.2) is 0 Å². The molecule has 3 rings (SSSR count). The first-order valence-electron chi connectivity index (χ1n) is 8.85. The summed E-state index contributed by atoms with van der Waals surface area (Å²) in [4.78, 5) is 28.1. The van der Waals surface area contributed by atoms with E-state index in [1.54, 1.807) is 12.1 Å². The lowest BCUT2D eigenvalue weighted by Gasteiger charge is -2.19. The number of benzene rings is 1. The van der Waals surface area contributed by atoms with Gasteiger partial charge >= 0.3 is 12.1 Å². The van der Waals surface area contributed by atoms with Gasteiger partial charge in [0.15, 0.2) is 5.69 Å². The van der Waals surface area contributed by atoms with E-state index >= 15 is 0 Å². The third-order valence-electron chi connectivity index (χ3n) is 4.78. The number of rotatable bonds is 5. The number of carbonyl (C=O) groups excluding carboxylic acids is 1. The molecule has 5 nitrogen and oxygen atoms in total. The largest absolute Gasteiger partial charge is 0.481 e. The molecule has 0 saturated carbocycles. The van der Waals surface area contributed by atoms with E-state index in [1.165, 1.54) is 11.0 Å². The van der Waals surface area contributed by atoms with Crippen molar-refractivity contribution in [1.29, 1.82) is 0 Å². The summed E-state index contributed by atoms with van der Waals surface area (Å²) in [6.45, 7) is 0.773. The van der Waals surface area contributed by atoms with Gasteiger partial charge in [0.1, 0.15) is 0 Å². The summed E-state index contributed by atoms with van der Waals surface area (Å²) >= 11 is 0. The first-order chi connectivity index (χ1) is 13.2. The Kier molecular flexibility index (Phi) is 5.67. The van der Waals surface area contributed by atoms with Crippen LogP contribution in [0.2, 0.25) is 0 Å². The van der Waals surface area contributed by atoms with Crippen LogP contribution in [-0.2, 0) is 23.8 Å². The van der Waals surface area contributed by atoms with Gasteiger partial charge in [-0.3, -0.25) is 14.6 Å². The molecule has 1 aromatic carbocycles. The molecule has 2 aromatic rings. The molecule has 0 radical (unpaired) electrons. The Labute approximate surface area is 159 Å². The quantitative estimate of drug-likeness (QED) is 0.846. The maximum Gasteiger partial charge on any atom is 0.434 e. The minimum atomic E-state index is -4.68. The number of hydrogen-bond acceptors (Lipinski definition) is 3. The predicted octanol–water partition coefficient (Wildman–Crippen LogP) is 3.43. The maximum atomic E-state index is 13.1. The van der Waals surface area contributed by atoms with Crippen LogP contribution in [0.3, 0.4) is 0 Å². The molecule has 0 aliphatic carbocycles. The van der Waals surface area contributed by atoms with Crippen LogP contribution < -0.4 is 0 Å². The number of hydrogen-bond donors (Lipinski definition) is 1. The molecule has 1 aliphatic rings. The number of carbonyl (C=O) groups is 2. The fraction of sp³-hybridized carbons (Fsp3) is 0.350. The highest BCUT2D eigenvalue weighted by Crippen LogP contribution is 2.31. The van der Waals surface area contributed by atoms with Crippen molar-refractivity contribution in [2.45, 2.75) is 25.4 Å². The zero-order valence-corrected chi connectivity index (χ0v) is 14.9. The molecule has 2 heterocycles.